The van der Waals surface area contributed by atoms with E-state index < -0.39 is 0 Å². The van der Waals surface area contributed by atoms with E-state index in [1.54, 1.807) is 12.1 Å². The van der Waals surface area contributed by atoms with Crippen LogP contribution in [0.3, 0.4) is 0 Å². The van der Waals surface area contributed by atoms with Gasteiger partial charge in [-0.05, 0) is 42.7 Å². The summed E-state index contributed by atoms with van der Waals surface area (Å²) in [5.41, 5.74) is 3.02. The first-order valence-corrected chi connectivity index (χ1v) is 5.14. The summed E-state index contributed by atoms with van der Waals surface area (Å²) in [6.07, 6.45) is 0. The molecule has 0 aliphatic heterocycles. The van der Waals surface area contributed by atoms with Crippen LogP contribution in [0.1, 0.15) is 31.0 Å². The Kier molecular flexibility index (Phi) is 2.43. The number of nitrogens with zero attached hydrogens (tertiary/aromatic N) is 1. The molecule has 2 heteroatoms. The highest BCUT2D eigenvalue weighted by Gasteiger charge is 2.06. The van der Waals surface area contributed by atoms with Crippen LogP contribution in [-0.4, -0.2) is 4.98 Å². The Bertz CT molecular complexity index is 503. The fourth-order valence-electron chi connectivity index (χ4n) is 1.69. The van der Waals surface area contributed by atoms with Crippen molar-refractivity contribution in [3.8, 4) is 0 Å². The van der Waals surface area contributed by atoms with Gasteiger partial charge in [0.25, 0.3) is 0 Å². The lowest BCUT2D eigenvalue weighted by Crippen LogP contribution is -1.95. The lowest BCUT2D eigenvalue weighted by molar-refractivity contribution is 0.629. The molecule has 1 aromatic carbocycles. The van der Waals surface area contributed by atoms with E-state index in [0.717, 1.165) is 22.2 Å². The molecule has 0 amide bonds. The molecule has 1 nitrogen and oxygen atoms in total. The summed E-state index contributed by atoms with van der Waals surface area (Å²) in [4.78, 5) is 4.51. The molecule has 0 atom stereocenters. The number of pyridine rings is 1. The molecule has 1 aromatic heterocycles. The molecule has 0 fully saturated rings. The molecule has 78 valence electrons. The summed E-state index contributed by atoms with van der Waals surface area (Å²) >= 11 is 0. The molecule has 0 bridgehead atoms. The van der Waals surface area contributed by atoms with E-state index in [1.807, 2.05) is 13.0 Å². The minimum Gasteiger partial charge on any atom is -0.253 e. The monoisotopic (exact) mass is 203 g/mol. The van der Waals surface area contributed by atoms with Crippen LogP contribution in [0, 0.1) is 12.7 Å². The predicted molar refractivity (Wildman–Crippen MR) is 60.5 cm³/mol. The molecule has 0 radical (unpaired) electrons. The molecule has 0 unspecified atom stereocenters. The van der Waals surface area contributed by atoms with Gasteiger partial charge in [-0.25, -0.2) is 4.39 Å². The second-order valence-electron chi connectivity index (χ2n) is 4.18. The second kappa shape index (κ2) is 3.61. The summed E-state index contributed by atoms with van der Waals surface area (Å²) in [5, 5.41) is 0.902. The molecule has 0 saturated carbocycles. The summed E-state index contributed by atoms with van der Waals surface area (Å²) in [6.45, 7) is 6.21. The highest BCUT2D eigenvalue weighted by atomic mass is 19.1. The van der Waals surface area contributed by atoms with E-state index in [1.165, 1.54) is 6.07 Å². The molecule has 0 saturated heterocycles. The van der Waals surface area contributed by atoms with Crippen LogP contribution in [0.15, 0.2) is 24.3 Å². The Morgan fingerprint density at radius 1 is 1.20 bits per heavy atom. The number of aromatic nitrogens is 1. The van der Waals surface area contributed by atoms with Gasteiger partial charge in [-0.3, -0.25) is 4.98 Å². The molecule has 0 N–H and O–H groups in total. The van der Waals surface area contributed by atoms with Crippen LogP contribution >= 0.6 is 0 Å². The van der Waals surface area contributed by atoms with Gasteiger partial charge >= 0.3 is 0 Å². The lowest BCUT2D eigenvalue weighted by Gasteiger charge is -2.08. The second-order valence-corrected chi connectivity index (χ2v) is 4.18. The van der Waals surface area contributed by atoms with E-state index >= 15 is 0 Å². The van der Waals surface area contributed by atoms with Gasteiger partial charge in [0.05, 0.1) is 5.52 Å². The van der Waals surface area contributed by atoms with Crippen molar-refractivity contribution in [2.24, 2.45) is 0 Å². The predicted octanol–water partition coefficient (Wildman–Crippen LogP) is 3.81. The Morgan fingerprint density at radius 3 is 2.60 bits per heavy atom. The van der Waals surface area contributed by atoms with Crippen molar-refractivity contribution in [3.63, 3.8) is 0 Å². The lowest BCUT2D eigenvalue weighted by atomic mass is 10.0. The van der Waals surface area contributed by atoms with E-state index in [-0.39, 0.29) is 5.82 Å². The van der Waals surface area contributed by atoms with Crippen molar-refractivity contribution < 1.29 is 4.39 Å². The number of aryl methyl sites for hydroxylation is 1. The molecule has 0 spiro atoms. The van der Waals surface area contributed by atoms with Gasteiger partial charge < -0.3 is 0 Å². The Labute approximate surface area is 89.0 Å². The zero-order valence-electron chi connectivity index (χ0n) is 9.21. The number of halogens is 1. The highest BCUT2D eigenvalue weighted by molar-refractivity contribution is 5.82. The highest BCUT2D eigenvalue weighted by Crippen LogP contribution is 2.22. The van der Waals surface area contributed by atoms with Gasteiger partial charge in [0, 0.05) is 11.1 Å². The van der Waals surface area contributed by atoms with Gasteiger partial charge in [0.15, 0.2) is 0 Å². The third-order valence-corrected chi connectivity index (χ3v) is 2.59. The third-order valence-electron chi connectivity index (χ3n) is 2.59. The number of rotatable bonds is 1. The fraction of sp³-hybridized carbons (Fsp3) is 0.308. The minimum absolute atomic E-state index is 0.204. The first-order valence-electron chi connectivity index (χ1n) is 5.14. The molecular weight excluding hydrogens is 189 g/mol. The third kappa shape index (κ3) is 1.84. The summed E-state index contributed by atoms with van der Waals surface area (Å²) in [5.74, 6) is 0.197. The van der Waals surface area contributed by atoms with Gasteiger partial charge in [-0.1, -0.05) is 13.8 Å². The average Bonchev–Trinajstić information content (AvgIpc) is 2.18. The smallest absolute Gasteiger partial charge is 0.123 e. The van der Waals surface area contributed by atoms with Crippen molar-refractivity contribution in [2.75, 3.05) is 0 Å². The van der Waals surface area contributed by atoms with Crippen molar-refractivity contribution in [2.45, 2.75) is 26.7 Å². The summed E-state index contributed by atoms with van der Waals surface area (Å²) in [7, 11) is 0. The number of hydrogen-bond donors (Lipinski definition) is 0. The van der Waals surface area contributed by atoms with E-state index in [4.69, 9.17) is 0 Å². The minimum atomic E-state index is -0.204. The summed E-state index contributed by atoms with van der Waals surface area (Å²) < 4.78 is 13.0. The summed E-state index contributed by atoms with van der Waals surface area (Å²) in [6, 6.07) is 6.77. The number of fused-ring (bicyclic) bond motifs is 1. The first kappa shape index (κ1) is 10.1. The zero-order valence-corrected chi connectivity index (χ0v) is 9.21. The Hall–Kier alpha value is -1.44. The van der Waals surface area contributed by atoms with Crippen molar-refractivity contribution in [1.82, 2.24) is 4.98 Å². The largest absolute Gasteiger partial charge is 0.253 e. The molecule has 2 aromatic rings. The molecule has 2 rings (SSSR count). The van der Waals surface area contributed by atoms with Gasteiger partial charge in [0.1, 0.15) is 5.82 Å². The topological polar surface area (TPSA) is 12.9 Å². The Balaban J connectivity index is 2.73. The normalized spacial score (nSPS) is 11.3. The van der Waals surface area contributed by atoms with E-state index in [0.29, 0.717) is 5.92 Å². The van der Waals surface area contributed by atoms with Crippen molar-refractivity contribution in [1.29, 1.82) is 0 Å². The molecule has 0 aliphatic carbocycles. The van der Waals surface area contributed by atoms with Gasteiger partial charge in [-0.2, -0.15) is 0 Å². The van der Waals surface area contributed by atoms with Crippen LogP contribution in [-0.2, 0) is 0 Å². The maximum atomic E-state index is 13.0. The van der Waals surface area contributed by atoms with Gasteiger partial charge in [0.2, 0.25) is 0 Å². The fourth-order valence-corrected chi connectivity index (χ4v) is 1.69. The van der Waals surface area contributed by atoms with Crippen LogP contribution in [0.4, 0.5) is 4.39 Å². The van der Waals surface area contributed by atoms with Crippen molar-refractivity contribution in [3.05, 3.63) is 41.3 Å². The quantitative estimate of drug-likeness (QED) is 0.686. The van der Waals surface area contributed by atoms with Crippen LogP contribution < -0.4 is 0 Å². The maximum Gasteiger partial charge on any atom is 0.123 e. The standard InChI is InChI=1S/C13H14FN/c1-8(2)13-6-9(3)11-7-10(14)4-5-12(11)15-13/h4-8H,1-3H3. The maximum absolute atomic E-state index is 13.0. The molecular formula is C13H14FN. The van der Waals surface area contributed by atoms with Crippen LogP contribution in [0.2, 0.25) is 0 Å². The molecule has 1 heterocycles. The van der Waals surface area contributed by atoms with E-state index in [9.17, 15) is 4.39 Å². The van der Waals surface area contributed by atoms with Crippen molar-refractivity contribution >= 4 is 10.9 Å². The van der Waals surface area contributed by atoms with Gasteiger partial charge in [-0.15, -0.1) is 0 Å². The molecule has 0 aliphatic rings. The average molecular weight is 203 g/mol. The number of benzene rings is 1. The first-order chi connectivity index (χ1) is 7.08. The SMILES string of the molecule is Cc1cc(C(C)C)nc2ccc(F)cc12. The van der Waals surface area contributed by atoms with Crippen LogP contribution in [0.25, 0.3) is 10.9 Å². The zero-order chi connectivity index (χ0) is 11.0. The Morgan fingerprint density at radius 2 is 1.93 bits per heavy atom. The van der Waals surface area contributed by atoms with Crippen LogP contribution in [0.5, 0.6) is 0 Å². The van der Waals surface area contributed by atoms with E-state index in [2.05, 4.69) is 18.8 Å². The molecule has 15 heavy (non-hydrogen) atoms. The number of hydrogen-bond acceptors (Lipinski definition) is 1.